The van der Waals surface area contributed by atoms with Crippen LogP contribution in [0.4, 0.5) is 0 Å². The molecule has 0 rings (SSSR count). The average Bonchev–Trinajstić information content (AvgIpc) is 2.22. The van der Waals surface area contributed by atoms with Crippen LogP contribution in [0.15, 0.2) is 0 Å². The minimum Gasteiger partial charge on any atom is -0.416 e. The van der Waals surface area contributed by atoms with E-state index in [1.165, 1.54) is 6.42 Å². The third kappa shape index (κ3) is 4.68. The molecule has 0 aromatic carbocycles. The van der Waals surface area contributed by atoms with Gasteiger partial charge >= 0.3 is 0 Å². The maximum Gasteiger partial charge on any atom is 0.200 e. The highest BCUT2D eigenvalue weighted by Crippen LogP contribution is 2.42. The predicted molar refractivity (Wildman–Crippen MR) is 84.6 cm³/mol. The molecule has 0 saturated carbocycles. The monoisotopic (exact) mass is 322 g/mol. The van der Waals surface area contributed by atoms with Gasteiger partial charge < -0.3 is 4.43 Å². The molecule has 0 aliphatic rings. The van der Waals surface area contributed by atoms with E-state index in [0.717, 1.165) is 11.9 Å². The van der Waals surface area contributed by atoms with Gasteiger partial charge in [-0.25, -0.2) is 0 Å². The number of rotatable bonds is 8. The van der Waals surface area contributed by atoms with Crippen molar-refractivity contribution in [3.8, 4) is 0 Å². The topological polar surface area (TPSA) is 9.23 Å². The molecule has 0 N–H and O–H groups in total. The van der Waals surface area contributed by atoms with Gasteiger partial charge in [0.05, 0.1) is 0 Å². The van der Waals surface area contributed by atoms with Gasteiger partial charge in [-0.1, -0.05) is 64.4 Å². The normalized spacial score (nSPS) is 15.0. The van der Waals surface area contributed by atoms with Crippen molar-refractivity contribution in [3.05, 3.63) is 0 Å². The quantitative estimate of drug-likeness (QED) is 0.417. The Morgan fingerprint density at radius 2 is 1.29 bits per heavy atom. The second kappa shape index (κ2) is 7.95. The van der Waals surface area contributed by atoms with Crippen molar-refractivity contribution in [2.24, 2.45) is 5.92 Å². The molecule has 17 heavy (non-hydrogen) atoms. The third-order valence-corrected chi connectivity index (χ3v) is 11.2. The first-order valence-electron chi connectivity index (χ1n) is 6.98. The fraction of sp³-hybridized carbons (Fsp3) is 1.00. The van der Waals surface area contributed by atoms with Crippen molar-refractivity contribution in [3.63, 3.8) is 0 Å². The van der Waals surface area contributed by atoms with Gasteiger partial charge in [0.25, 0.3) is 0 Å². The zero-order valence-corrected chi connectivity index (χ0v) is 15.3. The molecule has 0 aromatic rings. The van der Waals surface area contributed by atoms with E-state index in [0.29, 0.717) is 22.5 Å². The maximum atomic E-state index is 6.50. The maximum absolute atomic E-state index is 6.50. The summed E-state index contributed by atoms with van der Waals surface area (Å²) in [6.07, 6.45) is 1.17. The number of hydrogen-bond donors (Lipinski definition) is 0. The lowest BCUT2D eigenvalue weighted by Crippen LogP contribution is -2.48. The smallest absolute Gasteiger partial charge is 0.200 e. The van der Waals surface area contributed by atoms with Crippen LogP contribution in [0.25, 0.3) is 0 Å². The van der Waals surface area contributed by atoms with Gasteiger partial charge in [-0.15, -0.1) is 0 Å². The largest absolute Gasteiger partial charge is 0.416 e. The van der Waals surface area contributed by atoms with E-state index < -0.39 is 8.32 Å². The Morgan fingerprint density at radius 1 is 0.882 bits per heavy atom. The Morgan fingerprint density at radius 3 is 1.59 bits per heavy atom. The van der Waals surface area contributed by atoms with E-state index in [4.69, 9.17) is 4.43 Å². The molecule has 0 saturated heterocycles. The summed E-state index contributed by atoms with van der Waals surface area (Å²) in [4.78, 5) is 0. The minimum absolute atomic E-state index is 0.696. The van der Waals surface area contributed by atoms with Crippen molar-refractivity contribution in [1.82, 2.24) is 0 Å². The summed E-state index contributed by atoms with van der Waals surface area (Å²) in [6, 6.07) is 0. The van der Waals surface area contributed by atoms with Crippen LogP contribution < -0.4 is 0 Å². The van der Waals surface area contributed by atoms with Crippen LogP contribution in [0.5, 0.6) is 0 Å². The SMILES string of the molecule is CC(CBr)CCO[Si](C(C)C)(C(C)C)C(C)C. The van der Waals surface area contributed by atoms with E-state index in [1.807, 2.05) is 0 Å². The fourth-order valence-corrected chi connectivity index (χ4v) is 8.81. The summed E-state index contributed by atoms with van der Waals surface area (Å²) in [5.41, 5.74) is 2.09. The van der Waals surface area contributed by atoms with Gasteiger partial charge in [0.15, 0.2) is 8.32 Å². The molecule has 1 unspecified atom stereocenters. The fourth-order valence-electron chi connectivity index (χ4n) is 3.01. The average molecular weight is 323 g/mol. The highest BCUT2D eigenvalue weighted by molar-refractivity contribution is 9.09. The van der Waals surface area contributed by atoms with Crippen molar-refractivity contribution >= 4 is 24.2 Å². The molecule has 0 radical (unpaired) electrons. The Kier molecular flexibility index (Phi) is 8.26. The van der Waals surface area contributed by atoms with Gasteiger partial charge in [0.2, 0.25) is 0 Å². The molecule has 0 heterocycles. The summed E-state index contributed by atoms with van der Waals surface area (Å²) in [6.45, 7) is 17.3. The summed E-state index contributed by atoms with van der Waals surface area (Å²) < 4.78 is 6.50. The lowest BCUT2D eigenvalue weighted by Gasteiger charge is -2.42. The first-order chi connectivity index (χ1) is 7.78. The number of hydrogen-bond acceptors (Lipinski definition) is 1. The summed E-state index contributed by atoms with van der Waals surface area (Å²) >= 11 is 3.54. The molecule has 1 atom stereocenters. The highest BCUT2D eigenvalue weighted by Gasteiger charge is 2.44. The van der Waals surface area contributed by atoms with Crippen LogP contribution >= 0.6 is 15.9 Å². The molecule has 0 fully saturated rings. The zero-order valence-electron chi connectivity index (χ0n) is 12.7. The van der Waals surface area contributed by atoms with Crippen molar-refractivity contribution in [2.45, 2.75) is 71.5 Å². The van der Waals surface area contributed by atoms with Crippen molar-refractivity contribution < 1.29 is 4.43 Å². The van der Waals surface area contributed by atoms with Crippen LogP contribution in [0.3, 0.4) is 0 Å². The van der Waals surface area contributed by atoms with Gasteiger partial charge in [0, 0.05) is 11.9 Å². The number of alkyl halides is 1. The first kappa shape index (κ1) is 17.7. The second-order valence-electron chi connectivity index (χ2n) is 6.21. The van der Waals surface area contributed by atoms with Crippen LogP contribution in [0.1, 0.15) is 54.9 Å². The van der Waals surface area contributed by atoms with E-state index in [9.17, 15) is 0 Å². The lowest BCUT2D eigenvalue weighted by molar-refractivity contribution is 0.257. The molecule has 0 bridgehead atoms. The summed E-state index contributed by atoms with van der Waals surface area (Å²) in [5, 5.41) is 1.08. The predicted octanol–water partition coefficient (Wildman–Crippen LogP) is 5.60. The van der Waals surface area contributed by atoms with E-state index >= 15 is 0 Å². The molecule has 0 aliphatic carbocycles. The number of halogens is 1. The molecule has 0 amide bonds. The molecular weight excluding hydrogens is 292 g/mol. The van der Waals surface area contributed by atoms with E-state index in [1.54, 1.807) is 0 Å². The first-order valence-corrected chi connectivity index (χ1v) is 10.2. The van der Waals surface area contributed by atoms with Crippen LogP contribution in [-0.2, 0) is 4.43 Å². The summed E-state index contributed by atoms with van der Waals surface area (Å²) in [7, 11) is -1.62. The Labute approximate surface area is 118 Å². The lowest BCUT2D eigenvalue weighted by atomic mass is 10.1. The van der Waals surface area contributed by atoms with Crippen molar-refractivity contribution in [2.75, 3.05) is 11.9 Å². The highest BCUT2D eigenvalue weighted by atomic mass is 79.9. The summed E-state index contributed by atoms with van der Waals surface area (Å²) in [5.74, 6) is 0.716. The van der Waals surface area contributed by atoms with Gasteiger partial charge in [0.1, 0.15) is 0 Å². The van der Waals surface area contributed by atoms with Crippen LogP contribution in [0.2, 0.25) is 16.6 Å². The molecule has 104 valence electrons. The standard InChI is InChI=1S/C14H31BrOSi/c1-11(2)17(12(3)4,13(5)6)16-9-8-14(7)10-15/h11-14H,8-10H2,1-7H3. The second-order valence-corrected chi connectivity index (χ2v) is 12.3. The van der Waals surface area contributed by atoms with Crippen LogP contribution in [0, 0.1) is 5.92 Å². The minimum atomic E-state index is -1.62. The molecule has 3 heteroatoms. The van der Waals surface area contributed by atoms with E-state index in [2.05, 4.69) is 64.4 Å². The van der Waals surface area contributed by atoms with Gasteiger partial charge in [-0.2, -0.15) is 0 Å². The third-order valence-electron chi connectivity index (χ3n) is 3.93. The molecular formula is C14H31BrOSi. The van der Waals surface area contributed by atoms with Gasteiger partial charge in [-0.3, -0.25) is 0 Å². The Balaban J connectivity index is 4.59. The Hall–Kier alpha value is 0.657. The van der Waals surface area contributed by atoms with Gasteiger partial charge in [-0.05, 0) is 29.0 Å². The molecule has 0 spiro atoms. The van der Waals surface area contributed by atoms with E-state index in [-0.39, 0.29) is 0 Å². The molecule has 1 nitrogen and oxygen atoms in total. The Bertz CT molecular complexity index is 183. The van der Waals surface area contributed by atoms with Crippen LogP contribution in [-0.4, -0.2) is 20.3 Å². The zero-order chi connectivity index (χ0) is 13.6. The van der Waals surface area contributed by atoms with Crippen molar-refractivity contribution in [1.29, 1.82) is 0 Å². The molecule has 0 aromatic heterocycles. The molecule has 0 aliphatic heterocycles.